The van der Waals surface area contributed by atoms with Crippen LogP contribution in [0.3, 0.4) is 0 Å². The fourth-order valence-corrected chi connectivity index (χ4v) is 4.98. The Hall–Kier alpha value is -2.95. The second kappa shape index (κ2) is 8.66. The summed E-state index contributed by atoms with van der Waals surface area (Å²) < 4.78 is 0. The summed E-state index contributed by atoms with van der Waals surface area (Å²) in [4.78, 5) is 7.07. The monoisotopic (exact) mass is 415 g/mol. The highest BCUT2D eigenvalue weighted by molar-refractivity contribution is 5.85. The Morgan fingerprint density at radius 3 is 1.90 bits per heavy atom. The largest absolute Gasteiger partial charge is 0.368 e. The highest BCUT2D eigenvalue weighted by Gasteiger charge is 2.25. The lowest BCUT2D eigenvalue weighted by molar-refractivity contribution is 0.310. The van der Waals surface area contributed by atoms with E-state index in [1.54, 1.807) is 0 Å². The molecule has 1 saturated carbocycles. The molecular formula is C26H33N5. The van der Waals surface area contributed by atoms with Gasteiger partial charge in [0.15, 0.2) is 0 Å². The molecule has 0 aromatic heterocycles. The summed E-state index contributed by atoms with van der Waals surface area (Å²) in [6, 6.07) is 17.7. The van der Waals surface area contributed by atoms with Gasteiger partial charge < -0.3 is 9.80 Å². The van der Waals surface area contributed by atoms with Crippen LogP contribution >= 0.6 is 0 Å². The Kier molecular flexibility index (Phi) is 5.58. The van der Waals surface area contributed by atoms with Crippen molar-refractivity contribution in [2.45, 2.75) is 32.6 Å². The van der Waals surface area contributed by atoms with Crippen LogP contribution in [0.4, 0.5) is 17.1 Å². The van der Waals surface area contributed by atoms with Crippen molar-refractivity contribution >= 4 is 23.4 Å². The molecule has 162 valence electrons. The van der Waals surface area contributed by atoms with Crippen LogP contribution in [0.2, 0.25) is 0 Å². The van der Waals surface area contributed by atoms with Gasteiger partial charge in [-0.1, -0.05) is 37.1 Å². The van der Waals surface area contributed by atoms with E-state index in [1.165, 1.54) is 42.6 Å². The normalized spacial score (nSPS) is 19.7. The maximum atomic E-state index is 4.61. The Morgan fingerprint density at radius 1 is 0.806 bits per heavy atom. The van der Waals surface area contributed by atoms with Crippen LogP contribution in [0.25, 0.3) is 0 Å². The maximum absolute atomic E-state index is 4.61. The minimum atomic E-state index is 0.759. The van der Waals surface area contributed by atoms with Crippen molar-refractivity contribution in [1.29, 1.82) is 0 Å². The van der Waals surface area contributed by atoms with Crippen LogP contribution in [-0.2, 0) is 0 Å². The van der Waals surface area contributed by atoms with E-state index in [-0.39, 0.29) is 0 Å². The zero-order chi connectivity index (χ0) is 21.2. The number of hydrogen-bond acceptors (Lipinski definition) is 5. The van der Waals surface area contributed by atoms with Gasteiger partial charge in [-0.3, -0.25) is 4.90 Å². The molecule has 1 saturated heterocycles. The molecule has 31 heavy (non-hydrogen) atoms. The zero-order valence-corrected chi connectivity index (χ0v) is 18.6. The molecule has 3 aliphatic rings. The lowest BCUT2D eigenvalue weighted by Gasteiger charge is -2.37. The van der Waals surface area contributed by atoms with Crippen molar-refractivity contribution < 1.29 is 0 Å². The number of aryl methyl sites for hydroxylation is 1. The van der Waals surface area contributed by atoms with Crippen molar-refractivity contribution in [3.63, 3.8) is 0 Å². The lowest BCUT2D eigenvalue weighted by atomic mass is 10.1. The van der Waals surface area contributed by atoms with E-state index in [1.807, 2.05) is 6.34 Å². The molecule has 5 heteroatoms. The molecule has 2 aromatic rings. The summed E-state index contributed by atoms with van der Waals surface area (Å²) in [5.74, 6) is 1.72. The molecule has 0 radical (unpaired) electrons. The number of hydrogen-bond donors (Lipinski definition) is 0. The van der Waals surface area contributed by atoms with Crippen LogP contribution in [0.15, 0.2) is 66.0 Å². The Bertz CT molecular complexity index is 919. The lowest BCUT2D eigenvalue weighted by Crippen LogP contribution is -2.46. The molecule has 5 nitrogen and oxygen atoms in total. The van der Waals surface area contributed by atoms with Gasteiger partial charge in [0.2, 0.25) is 0 Å². The molecular weight excluding hydrogens is 382 g/mol. The van der Waals surface area contributed by atoms with E-state index in [9.17, 15) is 0 Å². The van der Waals surface area contributed by atoms with Gasteiger partial charge in [-0.15, -0.1) is 0 Å². The van der Waals surface area contributed by atoms with E-state index in [0.29, 0.717) is 0 Å². The Morgan fingerprint density at radius 2 is 1.32 bits per heavy atom. The van der Waals surface area contributed by atoms with Crippen LogP contribution in [-0.4, -0.2) is 44.1 Å². The van der Waals surface area contributed by atoms with Gasteiger partial charge in [0.1, 0.15) is 12.2 Å². The molecule has 0 unspecified atom stereocenters. The van der Waals surface area contributed by atoms with Crippen molar-refractivity contribution in [2.75, 3.05) is 47.4 Å². The number of rotatable bonds is 5. The van der Waals surface area contributed by atoms with Gasteiger partial charge in [0.05, 0.1) is 0 Å². The van der Waals surface area contributed by atoms with Gasteiger partial charge in [-0.2, -0.15) is 5.10 Å². The third kappa shape index (κ3) is 4.27. The van der Waals surface area contributed by atoms with Crippen molar-refractivity contribution in [1.82, 2.24) is 5.01 Å². The summed E-state index contributed by atoms with van der Waals surface area (Å²) in [5, 5.41) is 6.69. The molecule has 2 aliphatic heterocycles. The number of piperazine rings is 1. The summed E-state index contributed by atoms with van der Waals surface area (Å²) in [6.07, 6.45) is 7.28. The van der Waals surface area contributed by atoms with E-state index in [4.69, 9.17) is 0 Å². The third-order valence-electron chi connectivity index (χ3n) is 6.96. The highest BCUT2D eigenvalue weighted by Crippen LogP contribution is 2.31. The minimum absolute atomic E-state index is 0.759. The number of hydrazone groups is 1. The zero-order valence-electron chi connectivity index (χ0n) is 18.6. The average Bonchev–Trinajstić information content (AvgIpc) is 3.45. The predicted octanol–water partition coefficient (Wildman–Crippen LogP) is 5.05. The van der Waals surface area contributed by atoms with Crippen LogP contribution in [0, 0.1) is 12.8 Å². The Balaban J connectivity index is 1.17. The fraction of sp³-hybridized carbons (Fsp3) is 0.423. The van der Waals surface area contributed by atoms with E-state index >= 15 is 0 Å². The molecule has 2 heterocycles. The summed E-state index contributed by atoms with van der Waals surface area (Å²) in [5.41, 5.74) is 5.06. The predicted molar refractivity (Wildman–Crippen MR) is 131 cm³/mol. The molecule has 1 aliphatic carbocycles. The number of anilines is 3. The van der Waals surface area contributed by atoms with Crippen molar-refractivity contribution in [2.24, 2.45) is 11.0 Å². The highest BCUT2D eigenvalue weighted by atomic mass is 15.6. The Labute approximate surface area is 186 Å². The van der Waals surface area contributed by atoms with Crippen molar-refractivity contribution in [3.05, 3.63) is 66.5 Å². The molecule has 0 bridgehead atoms. The first-order valence-electron chi connectivity index (χ1n) is 11.6. The molecule has 0 amide bonds. The van der Waals surface area contributed by atoms with Gasteiger partial charge in [-0.05, 0) is 62.1 Å². The maximum Gasteiger partial charge on any atom is 0.127 e. The number of benzene rings is 2. The van der Waals surface area contributed by atoms with E-state index in [0.717, 1.165) is 50.2 Å². The average molecular weight is 416 g/mol. The van der Waals surface area contributed by atoms with Crippen LogP contribution in [0.5, 0.6) is 0 Å². The summed E-state index contributed by atoms with van der Waals surface area (Å²) >= 11 is 0. The van der Waals surface area contributed by atoms with Crippen molar-refractivity contribution in [3.8, 4) is 0 Å². The first kappa shape index (κ1) is 20.0. The minimum Gasteiger partial charge on any atom is -0.368 e. The van der Waals surface area contributed by atoms with Gasteiger partial charge >= 0.3 is 0 Å². The van der Waals surface area contributed by atoms with Crippen LogP contribution < -0.4 is 14.7 Å². The standard InChI is InChI=1S/C26H33N5/c1-21-7-9-24(10-8-21)28-15-17-29(18-16-28)25-11-13-26(14-12-25)30-20-27-31(22(30)2)19-23-5-3-4-6-23/h7-14,20,23H,2-6,15-19H2,1H3. The molecule has 2 fully saturated rings. The van der Waals surface area contributed by atoms with Crippen LogP contribution in [0.1, 0.15) is 31.2 Å². The quantitative estimate of drug-likeness (QED) is 0.682. The SMILES string of the molecule is C=C1N(CC2CCCC2)N=CN1c1ccc(N2CCN(c3ccc(C)cc3)CC2)cc1. The molecule has 2 aromatic carbocycles. The summed E-state index contributed by atoms with van der Waals surface area (Å²) in [7, 11) is 0. The number of nitrogens with zero attached hydrogens (tertiary/aromatic N) is 5. The molecule has 0 N–H and O–H groups in total. The summed E-state index contributed by atoms with van der Waals surface area (Å²) in [6.45, 7) is 11.6. The molecule has 5 rings (SSSR count). The first-order valence-corrected chi connectivity index (χ1v) is 11.6. The molecule has 0 spiro atoms. The van der Waals surface area contributed by atoms with E-state index in [2.05, 4.69) is 86.8 Å². The van der Waals surface area contributed by atoms with Gasteiger partial charge in [-0.25, -0.2) is 5.01 Å². The second-order valence-corrected chi connectivity index (χ2v) is 9.08. The van der Waals surface area contributed by atoms with E-state index < -0.39 is 0 Å². The smallest absolute Gasteiger partial charge is 0.127 e. The fourth-order valence-electron chi connectivity index (χ4n) is 4.98. The topological polar surface area (TPSA) is 25.3 Å². The first-order chi connectivity index (χ1) is 15.2. The van der Waals surface area contributed by atoms with Gasteiger partial charge in [0.25, 0.3) is 0 Å². The van der Waals surface area contributed by atoms with Gasteiger partial charge in [0, 0.05) is 49.8 Å². The molecule has 0 atom stereocenters. The second-order valence-electron chi connectivity index (χ2n) is 9.08. The third-order valence-corrected chi connectivity index (χ3v) is 6.96.